The van der Waals surface area contributed by atoms with Crippen molar-refractivity contribution in [2.45, 2.75) is 19.9 Å². The van der Waals surface area contributed by atoms with E-state index in [0.29, 0.717) is 0 Å². The Kier molecular flexibility index (Phi) is 3.53. The minimum atomic E-state index is 0.787. The van der Waals surface area contributed by atoms with E-state index in [9.17, 15) is 0 Å². The maximum Gasteiger partial charge on any atom is 0.0515 e. The van der Waals surface area contributed by atoms with Crippen molar-refractivity contribution in [3.8, 4) is 0 Å². The lowest BCUT2D eigenvalue weighted by atomic mass is 10.1. The minimum absolute atomic E-state index is 0.787. The van der Waals surface area contributed by atoms with E-state index in [4.69, 9.17) is 5.73 Å². The Morgan fingerprint density at radius 3 is 2.75 bits per heavy atom. The molecule has 1 aromatic heterocycles. The van der Waals surface area contributed by atoms with Gasteiger partial charge in [0.25, 0.3) is 0 Å². The van der Waals surface area contributed by atoms with E-state index in [1.54, 1.807) is 0 Å². The van der Waals surface area contributed by atoms with Gasteiger partial charge in [-0.15, -0.1) is 0 Å². The molecule has 0 bridgehead atoms. The van der Waals surface area contributed by atoms with Gasteiger partial charge in [-0.25, -0.2) is 0 Å². The van der Waals surface area contributed by atoms with Crippen LogP contribution in [0, 0.1) is 0 Å². The topological polar surface area (TPSA) is 30.9 Å². The molecule has 3 heteroatoms. The predicted octanol–water partition coefficient (Wildman–Crippen LogP) is 4.60. The predicted molar refractivity (Wildman–Crippen MR) is 89.0 cm³/mol. The SMILES string of the molecule is CCc1cccc2ccn(Cc3ccc(Br)c(N)c3)c12. The number of aryl methyl sites for hydroxylation is 1. The van der Waals surface area contributed by atoms with Crippen molar-refractivity contribution in [3.05, 3.63) is 64.3 Å². The van der Waals surface area contributed by atoms with E-state index in [2.05, 4.69) is 63.9 Å². The van der Waals surface area contributed by atoms with Gasteiger partial charge in [0.2, 0.25) is 0 Å². The fourth-order valence-electron chi connectivity index (χ4n) is 2.65. The number of nitrogens with zero attached hydrogens (tertiary/aromatic N) is 1. The number of fused-ring (bicyclic) bond motifs is 1. The zero-order chi connectivity index (χ0) is 14.1. The number of hydrogen-bond donors (Lipinski definition) is 1. The highest BCUT2D eigenvalue weighted by Gasteiger charge is 2.06. The van der Waals surface area contributed by atoms with Crippen LogP contribution in [0.3, 0.4) is 0 Å². The highest BCUT2D eigenvalue weighted by molar-refractivity contribution is 9.10. The summed E-state index contributed by atoms with van der Waals surface area (Å²) in [4.78, 5) is 0. The molecule has 0 amide bonds. The van der Waals surface area contributed by atoms with Gasteiger partial charge in [-0.3, -0.25) is 0 Å². The summed E-state index contributed by atoms with van der Waals surface area (Å²) in [5.74, 6) is 0. The van der Waals surface area contributed by atoms with E-state index in [1.807, 2.05) is 12.1 Å². The Hall–Kier alpha value is -1.74. The summed E-state index contributed by atoms with van der Waals surface area (Å²) in [6, 6.07) is 14.8. The molecule has 0 aliphatic heterocycles. The first kappa shape index (κ1) is 13.3. The lowest BCUT2D eigenvalue weighted by molar-refractivity contribution is 0.831. The average Bonchev–Trinajstić information content (AvgIpc) is 2.86. The van der Waals surface area contributed by atoms with Gasteiger partial charge in [-0.1, -0.05) is 31.2 Å². The molecule has 2 N–H and O–H groups in total. The van der Waals surface area contributed by atoms with Gasteiger partial charge in [0.15, 0.2) is 0 Å². The maximum absolute atomic E-state index is 5.96. The number of hydrogen-bond acceptors (Lipinski definition) is 1. The summed E-state index contributed by atoms with van der Waals surface area (Å²) in [5, 5.41) is 1.30. The molecule has 3 aromatic rings. The summed E-state index contributed by atoms with van der Waals surface area (Å²) in [7, 11) is 0. The molecule has 0 aliphatic carbocycles. The molecular weight excluding hydrogens is 312 g/mol. The molecule has 1 heterocycles. The van der Waals surface area contributed by atoms with Crippen molar-refractivity contribution < 1.29 is 0 Å². The molecular formula is C17H17BrN2. The highest BCUT2D eigenvalue weighted by atomic mass is 79.9. The molecule has 0 radical (unpaired) electrons. The Bertz CT molecular complexity index is 759. The second-order valence-corrected chi connectivity index (χ2v) is 5.86. The molecule has 102 valence electrons. The molecule has 0 unspecified atom stereocenters. The van der Waals surface area contributed by atoms with Gasteiger partial charge in [-0.05, 0) is 57.1 Å². The van der Waals surface area contributed by atoms with Crippen LogP contribution in [0.25, 0.3) is 10.9 Å². The van der Waals surface area contributed by atoms with E-state index >= 15 is 0 Å². The van der Waals surface area contributed by atoms with Crippen molar-refractivity contribution >= 4 is 32.5 Å². The fourth-order valence-corrected chi connectivity index (χ4v) is 2.89. The molecule has 0 fully saturated rings. The van der Waals surface area contributed by atoms with Crippen LogP contribution in [0.1, 0.15) is 18.1 Å². The molecule has 0 spiro atoms. The second-order valence-electron chi connectivity index (χ2n) is 5.01. The number of nitrogen functional groups attached to an aromatic ring is 1. The number of rotatable bonds is 3. The maximum atomic E-state index is 5.96. The number of aromatic nitrogens is 1. The van der Waals surface area contributed by atoms with E-state index in [1.165, 1.54) is 22.0 Å². The lowest BCUT2D eigenvalue weighted by Gasteiger charge is -2.10. The van der Waals surface area contributed by atoms with Crippen LogP contribution in [-0.2, 0) is 13.0 Å². The second kappa shape index (κ2) is 5.33. The highest BCUT2D eigenvalue weighted by Crippen LogP contribution is 2.24. The van der Waals surface area contributed by atoms with Gasteiger partial charge in [0, 0.05) is 22.9 Å². The van der Waals surface area contributed by atoms with Gasteiger partial charge in [0.05, 0.1) is 5.52 Å². The summed E-state index contributed by atoms with van der Waals surface area (Å²) >= 11 is 3.44. The van der Waals surface area contributed by atoms with Gasteiger partial charge in [0.1, 0.15) is 0 Å². The third kappa shape index (κ3) is 2.34. The monoisotopic (exact) mass is 328 g/mol. The normalized spacial score (nSPS) is 11.1. The zero-order valence-corrected chi connectivity index (χ0v) is 13.0. The number of benzene rings is 2. The van der Waals surface area contributed by atoms with E-state index < -0.39 is 0 Å². The number of halogens is 1. The van der Waals surface area contributed by atoms with Crippen molar-refractivity contribution in [3.63, 3.8) is 0 Å². The van der Waals surface area contributed by atoms with Gasteiger partial charge in [-0.2, -0.15) is 0 Å². The van der Waals surface area contributed by atoms with Crippen molar-refractivity contribution in [1.29, 1.82) is 0 Å². The largest absolute Gasteiger partial charge is 0.398 e. The first-order valence-corrected chi connectivity index (χ1v) is 7.59. The first-order valence-electron chi connectivity index (χ1n) is 6.79. The minimum Gasteiger partial charge on any atom is -0.398 e. The van der Waals surface area contributed by atoms with Crippen LogP contribution in [0.4, 0.5) is 5.69 Å². The van der Waals surface area contributed by atoms with Crippen molar-refractivity contribution in [2.75, 3.05) is 5.73 Å². The molecule has 0 aliphatic rings. The van der Waals surface area contributed by atoms with Crippen LogP contribution in [-0.4, -0.2) is 4.57 Å². The molecule has 2 aromatic carbocycles. The summed E-state index contributed by atoms with van der Waals surface area (Å²) in [6.07, 6.45) is 3.20. The Balaban J connectivity index is 2.04. The molecule has 2 nitrogen and oxygen atoms in total. The van der Waals surface area contributed by atoms with Gasteiger partial charge < -0.3 is 10.3 Å². The van der Waals surface area contributed by atoms with E-state index in [0.717, 1.165) is 23.1 Å². The molecule has 0 saturated heterocycles. The summed E-state index contributed by atoms with van der Waals surface area (Å²) < 4.78 is 3.25. The Morgan fingerprint density at radius 2 is 2.00 bits per heavy atom. The average molecular weight is 329 g/mol. The van der Waals surface area contributed by atoms with Gasteiger partial charge >= 0.3 is 0 Å². The van der Waals surface area contributed by atoms with Crippen LogP contribution in [0.15, 0.2) is 53.1 Å². The third-order valence-corrected chi connectivity index (χ3v) is 4.39. The zero-order valence-electron chi connectivity index (χ0n) is 11.4. The fraction of sp³-hybridized carbons (Fsp3) is 0.176. The molecule has 3 rings (SSSR count). The number of para-hydroxylation sites is 1. The quantitative estimate of drug-likeness (QED) is 0.700. The van der Waals surface area contributed by atoms with Crippen molar-refractivity contribution in [1.82, 2.24) is 4.57 Å². The lowest BCUT2D eigenvalue weighted by Crippen LogP contribution is -2.01. The standard InChI is InChI=1S/C17H17BrN2/c1-2-13-4-3-5-14-8-9-20(17(13)14)11-12-6-7-15(18)16(19)10-12/h3-10H,2,11,19H2,1H3. The van der Waals surface area contributed by atoms with Crippen molar-refractivity contribution in [2.24, 2.45) is 0 Å². The molecule has 0 atom stereocenters. The first-order chi connectivity index (χ1) is 9.69. The summed E-state index contributed by atoms with van der Waals surface area (Å²) in [5.41, 5.74) is 10.7. The smallest absolute Gasteiger partial charge is 0.0515 e. The van der Waals surface area contributed by atoms with Crippen LogP contribution < -0.4 is 5.73 Å². The number of anilines is 1. The van der Waals surface area contributed by atoms with E-state index in [-0.39, 0.29) is 0 Å². The number of nitrogens with two attached hydrogens (primary N) is 1. The third-order valence-electron chi connectivity index (χ3n) is 3.67. The van der Waals surface area contributed by atoms with Crippen LogP contribution in [0.5, 0.6) is 0 Å². The molecule has 0 saturated carbocycles. The molecule has 20 heavy (non-hydrogen) atoms. The Morgan fingerprint density at radius 1 is 1.15 bits per heavy atom. The van der Waals surface area contributed by atoms with Crippen LogP contribution in [0.2, 0.25) is 0 Å². The summed E-state index contributed by atoms with van der Waals surface area (Å²) in [6.45, 7) is 3.04. The Labute approximate surface area is 127 Å². The van der Waals surface area contributed by atoms with Crippen LogP contribution >= 0.6 is 15.9 Å².